The summed E-state index contributed by atoms with van der Waals surface area (Å²) in [6.07, 6.45) is 0. The molecule has 1 aliphatic rings. The van der Waals surface area contributed by atoms with Gasteiger partial charge in [-0.15, -0.1) is 0 Å². The van der Waals surface area contributed by atoms with Crippen LogP contribution in [-0.2, 0) is 0 Å². The molecule has 0 aliphatic carbocycles. The summed E-state index contributed by atoms with van der Waals surface area (Å²) in [7, 11) is 0. The molecule has 1 nitrogen and oxygen atoms in total. The third kappa shape index (κ3) is 1.74. The first-order chi connectivity index (χ1) is 7.93. The highest BCUT2D eigenvalue weighted by molar-refractivity contribution is 5.64. The highest BCUT2D eigenvalue weighted by atomic mass is 14.9. The number of nitrogens with one attached hydrogen (secondary N) is 1. The second-order valence-corrected chi connectivity index (χ2v) is 4.35. The number of rotatable bonds is 2. The molecular formula is C15H15N. The molecule has 0 amide bonds. The molecular weight excluding hydrogens is 194 g/mol. The lowest BCUT2D eigenvalue weighted by Crippen LogP contribution is -2.39. The highest BCUT2D eigenvalue weighted by Gasteiger charge is 2.18. The van der Waals surface area contributed by atoms with Crippen LogP contribution in [0.15, 0.2) is 54.6 Å². The minimum Gasteiger partial charge on any atom is -0.315 e. The maximum Gasteiger partial charge on any atom is 0.00887 e. The van der Waals surface area contributed by atoms with Crippen molar-refractivity contribution in [1.29, 1.82) is 0 Å². The van der Waals surface area contributed by atoms with E-state index in [1.807, 2.05) is 0 Å². The molecule has 2 aromatic carbocycles. The smallest absolute Gasteiger partial charge is 0.00887 e. The molecule has 1 saturated heterocycles. The molecule has 0 unspecified atom stereocenters. The van der Waals surface area contributed by atoms with E-state index >= 15 is 0 Å². The van der Waals surface area contributed by atoms with Gasteiger partial charge in [-0.2, -0.15) is 0 Å². The summed E-state index contributed by atoms with van der Waals surface area (Å²) in [5.41, 5.74) is 4.08. The summed E-state index contributed by atoms with van der Waals surface area (Å²) in [4.78, 5) is 0. The van der Waals surface area contributed by atoms with E-state index in [-0.39, 0.29) is 0 Å². The third-order valence-corrected chi connectivity index (χ3v) is 3.25. The van der Waals surface area contributed by atoms with E-state index in [0.717, 1.165) is 13.1 Å². The minimum atomic E-state index is 0.712. The predicted molar refractivity (Wildman–Crippen MR) is 67.5 cm³/mol. The quantitative estimate of drug-likeness (QED) is 0.801. The molecule has 80 valence electrons. The lowest BCUT2D eigenvalue weighted by molar-refractivity contribution is 0.448. The number of benzene rings is 2. The topological polar surface area (TPSA) is 12.0 Å². The first-order valence-electron chi connectivity index (χ1n) is 5.79. The monoisotopic (exact) mass is 209 g/mol. The summed E-state index contributed by atoms with van der Waals surface area (Å²) in [6, 6.07) is 19.5. The number of hydrogen-bond acceptors (Lipinski definition) is 1. The normalized spacial score (nSPS) is 15.8. The van der Waals surface area contributed by atoms with Crippen LogP contribution in [0.5, 0.6) is 0 Å². The summed E-state index contributed by atoms with van der Waals surface area (Å²) in [6.45, 7) is 2.25. The second kappa shape index (κ2) is 4.11. The van der Waals surface area contributed by atoms with Gasteiger partial charge in [0.25, 0.3) is 0 Å². The lowest BCUT2D eigenvalue weighted by atomic mass is 9.91. The van der Waals surface area contributed by atoms with Crippen molar-refractivity contribution < 1.29 is 0 Å². The first kappa shape index (κ1) is 9.61. The van der Waals surface area contributed by atoms with Gasteiger partial charge in [-0.1, -0.05) is 54.6 Å². The Bertz CT molecular complexity index is 472. The van der Waals surface area contributed by atoms with Crippen molar-refractivity contribution >= 4 is 0 Å². The molecule has 1 aliphatic heterocycles. The Morgan fingerprint density at radius 2 is 1.56 bits per heavy atom. The van der Waals surface area contributed by atoms with Crippen LogP contribution in [0.25, 0.3) is 11.1 Å². The van der Waals surface area contributed by atoms with Gasteiger partial charge in [-0.25, -0.2) is 0 Å². The van der Waals surface area contributed by atoms with Gasteiger partial charge in [0, 0.05) is 19.0 Å². The van der Waals surface area contributed by atoms with E-state index in [2.05, 4.69) is 59.9 Å². The minimum absolute atomic E-state index is 0.712. The largest absolute Gasteiger partial charge is 0.315 e. The Hall–Kier alpha value is -1.60. The summed E-state index contributed by atoms with van der Waals surface area (Å²) >= 11 is 0. The van der Waals surface area contributed by atoms with Gasteiger partial charge in [-0.3, -0.25) is 0 Å². The van der Waals surface area contributed by atoms with Gasteiger partial charge in [0.05, 0.1) is 0 Å². The van der Waals surface area contributed by atoms with Crippen LogP contribution in [0.3, 0.4) is 0 Å². The molecule has 1 heterocycles. The lowest BCUT2D eigenvalue weighted by Gasteiger charge is -2.27. The maximum absolute atomic E-state index is 3.32. The van der Waals surface area contributed by atoms with Crippen molar-refractivity contribution in [2.75, 3.05) is 13.1 Å². The molecule has 0 bridgehead atoms. The van der Waals surface area contributed by atoms with Crippen molar-refractivity contribution in [2.45, 2.75) is 5.92 Å². The van der Waals surface area contributed by atoms with E-state index in [9.17, 15) is 0 Å². The molecule has 0 aromatic heterocycles. The van der Waals surface area contributed by atoms with E-state index in [4.69, 9.17) is 0 Å². The zero-order valence-electron chi connectivity index (χ0n) is 9.19. The summed E-state index contributed by atoms with van der Waals surface area (Å²) < 4.78 is 0. The van der Waals surface area contributed by atoms with Crippen LogP contribution >= 0.6 is 0 Å². The van der Waals surface area contributed by atoms with E-state index in [0.29, 0.717) is 5.92 Å². The summed E-state index contributed by atoms with van der Waals surface area (Å²) in [5.74, 6) is 0.712. The van der Waals surface area contributed by atoms with Crippen LogP contribution in [0.2, 0.25) is 0 Å². The highest BCUT2D eigenvalue weighted by Crippen LogP contribution is 2.25. The Morgan fingerprint density at radius 3 is 2.25 bits per heavy atom. The first-order valence-corrected chi connectivity index (χ1v) is 5.79. The van der Waals surface area contributed by atoms with E-state index in [1.165, 1.54) is 16.7 Å². The van der Waals surface area contributed by atoms with E-state index in [1.54, 1.807) is 0 Å². The second-order valence-electron chi connectivity index (χ2n) is 4.35. The van der Waals surface area contributed by atoms with Crippen molar-refractivity contribution in [3.63, 3.8) is 0 Å². The molecule has 16 heavy (non-hydrogen) atoms. The fourth-order valence-corrected chi connectivity index (χ4v) is 2.13. The van der Waals surface area contributed by atoms with Crippen LogP contribution in [-0.4, -0.2) is 13.1 Å². The average molecular weight is 209 g/mol. The Kier molecular flexibility index (Phi) is 2.47. The molecule has 3 rings (SSSR count). The van der Waals surface area contributed by atoms with Gasteiger partial charge in [0.1, 0.15) is 0 Å². The molecule has 0 spiro atoms. The van der Waals surface area contributed by atoms with Gasteiger partial charge in [0.15, 0.2) is 0 Å². The molecule has 1 heteroatoms. The van der Waals surface area contributed by atoms with Crippen LogP contribution in [0.4, 0.5) is 0 Å². The van der Waals surface area contributed by atoms with Crippen LogP contribution < -0.4 is 5.32 Å². The predicted octanol–water partition coefficient (Wildman–Crippen LogP) is 3.04. The molecule has 0 radical (unpaired) electrons. The fourth-order valence-electron chi connectivity index (χ4n) is 2.13. The standard InChI is InChI=1S/C15H15N/c1-2-5-12(6-3-1)13-7-4-8-14(9-13)15-10-16-11-15/h1-9,15-16H,10-11H2. The Morgan fingerprint density at radius 1 is 0.812 bits per heavy atom. The zero-order chi connectivity index (χ0) is 10.8. The molecule has 0 atom stereocenters. The molecule has 2 aromatic rings. The van der Waals surface area contributed by atoms with Crippen molar-refractivity contribution in [2.24, 2.45) is 0 Å². The van der Waals surface area contributed by atoms with Gasteiger partial charge < -0.3 is 5.32 Å². The average Bonchev–Trinajstić information content (AvgIpc) is 2.28. The molecule has 1 fully saturated rings. The Labute approximate surface area is 96.1 Å². The van der Waals surface area contributed by atoms with Crippen molar-refractivity contribution in [3.05, 3.63) is 60.2 Å². The maximum atomic E-state index is 3.32. The van der Waals surface area contributed by atoms with Crippen LogP contribution in [0, 0.1) is 0 Å². The van der Waals surface area contributed by atoms with E-state index < -0.39 is 0 Å². The van der Waals surface area contributed by atoms with Crippen LogP contribution in [0.1, 0.15) is 11.5 Å². The van der Waals surface area contributed by atoms with Gasteiger partial charge in [0.2, 0.25) is 0 Å². The number of hydrogen-bond donors (Lipinski definition) is 1. The Balaban J connectivity index is 1.96. The summed E-state index contributed by atoms with van der Waals surface area (Å²) in [5, 5.41) is 3.32. The SMILES string of the molecule is c1ccc(-c2cccc(C3CNC3)c2)cc1. The molecule has 1 N–H and O–H groups in total. The molecule has 0 saturated carbocycles. The van der Waals surface area contributed by atoms with Crippen molar-refractivity contribution in [3.8, 4) is 11.1 Å². The third-order valence-electron chi connectivity index (χ3n) is 3.25. The van der Waals surface area contributed by atoms with Crippen molar-refractivity contribution in [1.82, 2.24) is 5.32 Å². The fraction of sp³-hybridized carbons (Fsp3) is 0.200. The van der Waals surface area contributed by atoms with Gasteiger partial charge in [-0.05, 0) is 16.7 Å². The zero-order valence-corrected chi connectivity index (χ0v) is 9.19. The van der Waals surface area contributed by atoms with Gasteiger partial charge >= 0.3 is 0 Å².